The molecule has 25 heavy (non-hydrogen) atoms. The van der Waals surface area contributed by atoms with E-state index < -0.39 is 0 Å². The second kappa shape index (κ2) is 10.3. The number of hydrogen-bond donors (Lipinski definition) is 2. The Bertz CT molecular complexity index is 529. The Kier molecular flexibility index (Phi) is 8.11. The van der Waals surface area contributed by atoms with Crippen LogP contribution in [0, 0.1) is 5.82 Å². The lowest BCUT2D eigenvalue weighted by molar-refractivity contribution is 0.0376. The molecule has 0 radical (unpaired) electrons. The largest absolute Gasteiger partial charge is 0.379 e. The van der Waals surface area contributed by atoms with Crippen LogP contribution in [0.3, 0.4) is 0 Å². The van der Waals surface area contributed by atoms with E-state index in [1.165, 1.54) is 12.1 Å². The molecule has 3 N–H and O–H groups in total. The highest BCUT2D eigenvalue weighted by molar-refractivity contribution is 5.77. The SMILES string of the molecule is CN(C)C(CN=C(N)NCCCN1CCOCC1)c1ccc(F)cc1. The first-order valence-corrected chi connectivity index (χ1v) is 8.82. The summed E-state index contributed by atoms with van der Waals surface area (Å²) in [6, 6.07) is 6.60. The van der Waals surface area contributed by atoms with Crippen LogP contribution in [0.1, 0.15) is 18.0 Å². The monoisotopic (exact) mass is 351 g/mol. The Labute approximate surface area is 149 Å². The van der Waals surface area contributed by atoms with Gasteiger partial charge < -0.3 is 20.7 Å². The molecule has 0 bridgehead atoms. The van der Waals surface area contributed by atoms with E-state index in [0.717, 1.165) is 51.4 Å². The van der Waals surface area contributed by atoms with E-state index in [1.807, 2.05) is 14.1 Å². The highest BCUT2D eigenvalue weighted by atomic mass is 19.1. The molecule has 0 saturated carbocycles. The average Bonchev–Trinajstić information content (AvgIpc) is 2.61. The van der Waals surface area contributed by atoms with Gasteiger partial charge in [0.1, 0.15) is 5.82 Å². The van der Waals surface area contributed by atoms with Crippen molar-refractivity contribution in [3.8, 4) is 0 Å². The van der Waals surface area contributed by atoms with Gasteiger partial charge in [-0.05, 0) is 44.8 Å². The molecular formula is C18H30FN5O. The highest BCUT2D eigenvalue weighted by Gasteiger charge is 2.14. The quantitative estimate of drug-likeness (QED) is 0.416. The number of nitrogens with one attached hydrogen (secondary N) is 1. The van der Waals surface area contributed by atoms with Crippen molar-refractivity contribution < 1.29 is 9.13 Å². The third-order valence-corrected chi connectivity index (χ3v) is 4.37. The molecule has 1 aliphatic rings. The molecule has 1 fully saturated rings. The fourth-order valence-electron chi connectivity index (χ4n) is 2.84. The molecule has 1 unspecified atom stereocenters. The summed E-state index contributed by atoms with van der Waals surface area (Å²) in [6.07, 6.45) is 1.02. The topological polar surface area (TPSA) is 66.1 Å². The molecule has 7 heteroatoms. The van der Waals surface area contributed by atoms with Gasteiger partial charge in [-0.1, -0.05) is 12.1 Å². The van der Waals surface area contributed by atoms with Gasteiger partial charge in [0, 0.05) is 19.6 Å². The normalized spacial score (nSPS) is 17.7. The van der Waals surface area contributed by atoms with Crippen LogP contribution in [0.5, 0.6) is 0 Å². The fraction of sp³-hybridized carbons (Fsp3) is 0.611. The van der Waals surface area contributed by atoms with Crippen LogP contribution < -0.4 is 11.1 Å². The summed E-state index contributed by atoms with van der Waals surface area (Å²) in [4.78, 5) is 8.90. The zero-order valence-electron chi connectivity index (χ0n) is 15.2. The van der Waals surface area contributed by atoms with Crippen molar-refractivity contribution in [1.29, 1.82) is 0 Å². The number of nitrogens with zero attached hydrogens (tertiary/aromatic N) is 3. The van der Waals surface area contributed by atoms with Crippen molar-refractivity contribution in [3.63, 3.8) is 0 Å². The maximum atomic E-state index is 13.1. The Balaban J connectivity index is 1.74. The van der Waals surface area contributed by atoms with E-state index in [4.69, 9.17) is 10.5 Å². The summed E-state index contributed by atoms with van der Waals surface area (Å²) in [6.45, 7) is 6.03. The lowest BCUT2D eigenvalue weighted by atomic mass is 10.1. The van der Waals surface area contributed by atoms with Crippen LogP contribution in [0.15, 0.2) is 29.3 Å². The van der Waals surface area contributed by atoms with Crippen LogP contribution in [0.25, 0.3) is 0 Å². The maximum absolute atomic E-state index is 13.1. The molecule has 2 rings (SSSR count). The lowest BCUT2D eigenvalue weighted by Crippen LogP contribution is -2.39. The van der Waals surface area contributed by atoms with Crippen molar-refractivity contribution in [1.82, 2.24) is 15.1 Å². The molecule has 1 atom stereocenters. The molecule has 140 valence electrons. The van der Waals surface area contributed by atoms with E-state index in [2.05, 4.69) is 20.1 Å². The number of halogens is 1. The summed E-state index contributed by atoms with van der Waals surface area (Å²) in [7, 11) is 3.96. The molecule has 1 aliphatic heterocycles. The third-order valence-electron chi connectivity index (χ3n) is 4.37. The highest BCUT2D eigenvalue weighted by Crippen LogP contribution is 2.18. The van der Waals surface area contributed by atoms with Crippen molar-refractivity contribution in [3.05, 3.63) is 35.6 Å². The second-order valence-corrected chi connectivity index (χ2v) is 6.49. The standard InChI is InChI=1S/C18H30FN5O/c1-23(2)17(15-4-6-16(19)7-5-15)14-22-18(20)21-8-3-9-24-10-12-25-13-11-24/h4-7,17H,3,8-14H2,1-2H3,(H3,20,21,22). The van der Waals surface area contributed by atoms with Gasteiger partial charge in [-0.2, -0.15) is 0 Å². The number of rotatable bonds is 8. The number of ether oxygens (including phenoxy) is 1. The minimum Gasteiger partial charge on any atom is -0.379 e. The van der Waals surface area contributed by atoms with Gasteiger partial charge >= 0.3 is 0 Å². The molecule has 0 aromatic heterocycles. The van der Waals surface area contributed by atoms with Crippen molar-refractivity contribution in [2.24, 2.45) is 10.7 Å². The molecule has 0 aliphatic carbocycles. The van der Waals surface area contributed by atoms with Crippen molar-refractivity contribution >= 4 is 5.96 Å². The minimum atomic E-state index is -0.230. The van der Waals surface area contributed by atoms with Crippen LogP contribution in [-0.2, 0) is 4.74 Å². The van der Waals surface area contributed by atoms with Gasteiger partial charge in [-0.25, -0.2) is 4.39 Å². The second-order valence-electron chi connectivity index (χ2n) is 6.49. The third kappa shape index (κ3) is 6.97. The van der Waals surface area contributed by atoms with E-state index in [9.17, 15) is 4.39 Å². The number of benzene rings is 1. The predicted octanol–water partition coefficient (Wildman–Crippen LogP) is 1.06. The van der Waals surface area contributed by atoms with Crippen LogP contribution in [0.2, 0.25) is 0 Å². The number of likely N-dealkylation sites (N-methyl/N-ethyl adjacent to an activating group) is 1. The summed E-state index contributed by atoms with van der Waals surface area (Å²) in [5.74, 6) is 0.224. The molecule has 1 saturated heterocycles. The minimum absolute atomic E-state index is 0.0642. The fourth-order valence-corrected chi connectivity index (χ4v) is 2.84. The number of nitrogens with two attached hydrogens (primary N) is 1. The van der Waals surface area contributed by atoms with E-state index in [1.54, 1.807) is 12.1 Å². The van der Waals surface area contributed by atoms with E-state index in [0.29, 0.717) is 12.5 Å². The van der Waals surface area contributed by atoms with Crippen LogP contribution in [0.4, 0.5) is 4.39 Å². The summed E-state index contributed by atoms with van der Waals surface area (Å²) in [5, 5.41) is 3.17. The van der Waals surface area contributed by atoms with Gasteiger partial charge in [-0.15, -0.1) is 0 Å². The molecule has 1 heterocycles. The van der Waals surface area contributed by atoms with Crippen LogP contribution >= 0.6 is 0 Å². The molecule has 0 spiro atoms. The Morgan fingerprint density at radius 1 is 1.32 bits per heavy atom. The van der Waals surface area contributed by atoms with Gasteiger partial charge in [-0.3, -0.25) is 9.89 Å². The van der Waals surface area contributed by atoms with Gasteiger partial charge in [0.05, 0.1) is 25.8 Å². The molecule has 1 aromatic rings. The van der Waals surface area contributed by atoms with Crippen LogP contribution in [-0.4, -0.2) is 75.8 Å². The zero-order chi connectivity index (χ0) is 18.1. The van der Waals surface area contributed by atoms with Crippen molar-refractivity contribution in [2.75, 3.05) is 60.0 Å². The number of guanidine groups is 1. The lowest BCUT2D eigenvalue weighted by Gasteiger charge is -2.26. The molecule has 1 aromatic carbocycles. The van der Waals surface area contributed by atoms with E-state index in [-0.39, 0.29) is 11.9 Å². The Morgan fingerprint density at radius 2 is 2.00 bits per heavy atom. The average molecular weight is 351 g/mol. The first kappa shape index (κ1) is 19.6. The van der Waals surface area contributed by atoms with Gasteiger partial charge in [0.2, 0.25) is 0 Å². The maximum Gasteiger partial charge on any atom is 0.188 e. The first-order valence-electron chi connectivity index (χ1n) is 8.82. The van der Waals surface area contributed by atoms with Gasteiger partial charge in [0.15, 0.2) is 5.96 Å². The smallest absolute Gasteiger partial charge is 0.188 e. The summed E-state index contributed by atoms with van der Waals surface area (Å²) < 4.78 is 18.4. The Hall–Kier alpha value is -1.70. The molecule has 6 nitrogen and oxygen atoms in total. The molecular weight excluding hydrogens is 321 g/mol. The molecule has 0 amide bonds. The number of aliphatic imine (C=N–C) groups is 1. The Morgan fingerprint density at radius 3 is 2.64 bits per heavy atom. The first-order chi connectivity index (χ1) is 12.1. The zero-order valence-corrected chi connectivity index (χ0v) is 15.2. The predicted molar refractivity (Wildman–Crippen MR) is 99.2 cm³/mol. The van der Waals surface area contributed by atoms with Crippen molar-refractivity contribution in [2.45, 2.75) is 12.5 Å². The summed E-state index contributed by atoms with van der Waals surface area (Å²) >= 11 is 0. The van der Waals surface area contributed by atoms with E-state index >= 15 is 0 Å². The number of hydrogen-bond acceptors (Lipinski definition) is 4. The van der Waals surface area contributed by atoms with Gasteiger partial charge in [0.25, 0.3) is 0 Å². The summed E-state index contributed by atoms with van der Waals surface area (Å²) in [5.41, 5.74) is 6.99. The number of morpholine rings is 1.